The number of ether oxygens (including phenoxy) is 1. The maximum absolute atomic E-state index is 11.7. The van der Waals surface area contributed by atoms with E-state index in [4.69, 9.17) is 16.3 Å². The van der Waals surface area contributed by atoms with Crippen LogP contribution in [0.2, 0.25) is 5.02 Å². The van der Waals surface area contributed by atoms with Gasteiger partial charge in [0.15, 0.2) is 0 Å². The lowest BCUT2D eigenvalue weighted by atomic mass is 10.1. The first-order valence-corrected chi connectivity index (χ1v) is 6.71. The Labute approximate surface area is 118 Å². The van der Waals surface area contributed by atoms with Gasteiger partial charge < -0.3 is 15.2 Å². The number of hydrogen-bond acceptors (Lipinski definition) is 3. The average molecular weight is 286 g/mol. The van der Waals surface area contributed by atoms with Crippen LogP contribution in [0, 0.1) is 0 Å². The molecular formula is C14H20ClNO3. The van der Waals surface area contributed by atoms with Crippen molar-refractivity contribution in [1.29, 1.82) is 0 Å². The molecule has 1 amide bonds. The van der Waals surface area contributed by atoms with E-state index in [-0.39, 0.29) is 25.2 Å². The van der Waals surface area contributed by atoms with E-state index in [0.717, 1.165) is 12.0 Å². The van der Waals surface area contributed by atoms with Gasteiger partial charge in [0.25, 0.3) is 0 Å². The van der Waals surface area contributed by atoms with Crippen molar-refractivity contribution in [3.8, 4) is 0 Å². The Bertz CT molecular complexity index is 394. The Kier molecular flexibility index (Phi) is 6.84. The predicted octanol–water partition coefficient (Wildman–Crippen LogP) is 2.30. The van der Waals surface area contributed by atoms with Crippen molar-refractivity contribution in [3.05, 3.63) is 34.9 Å². The topological polar surface area (TPSA) is 58.6 Å². The van der Waals surface area contributed by atoms with Crippen molar-refractivity contribution in [2.75, 3.05) is 13.2 Å². The summed E-state index contributed by atoms with van der Waals surface area (Å²) in [6, 6.07) is 6.56. The van der Waals surface area contributed by atoms with Crippen LogP contribution < -0.4 is 5.32 Å². The highest BCUT2D eigenvalue weighted by molar-refractivity contribution is 6.30. The highest BCUT2D eigenvalue weighted by atomic mass is 35.5. The van der Waals surface area contributed by atoms with Crippen LogP contribution in [0.1, 0.15) is 31.9 Å². The summed E-state index contributed by atoms with van der Waals surface area (Å²) in [5.41, 5.74) is 0.809. The Hall–Kier alpha value is -1.10. The zero-order valence-electron chi connectivity index (χ0n) is 11.2. The summed E-state index contributed by atoms with van der Waals surface area (Å²) in [5, 5.41) is 12.7. The van der Waals surface area contributed by atoms with Gasteiger partial charge in [-0.25, -0.2) is 0 Å². The SMILES string of the molecule is CCC(C)OCC(=O)NC(CO)c1ccc(Cl)cc1. The van der Waals surface area contributed by atoms with E-state index < -0.39 is 6.04 Å². The van der Waals surface area contributed by atoms with Crippen molar-refractivity contribution < 1.29 is 14.6 Å². The minimum atomic E-state index is -0.440. The van der Waals surface area contributed by atoms with Gasteiger partial charge in [-0.1, -0.05) is 30.7 Å². The van der Waals surface area contributed by atoms with Gasteiger partial charge in [-0.15, -0.1) is 0 Å². The third kappa shape index (κ3) is 5.59. The Morgan fingerprint density at radius 1 is 1.42 bits per heavy atom. The molecule has 0 bridgehead atoms. The first-order chi connectivity index (χ1) is 9.06. The number of benzene rings is 1. The van der Waals surface area contributed by atoms with Crippen LogP contribution in [0.15, 0.2) is 24.3 Å². The molecule has 2 unspecified atom stereocenters. The summed E-state index contributed by atoms with van der Waals surface area (Å²) in [6.45, 7) is 3.73. The van der Waals surface area contributed by atoms with Gasteiger partial charge in [0.1, 0.15) is 6.61 Å². The maximum atomic E-state index is 11.7. The highest BCUT2D eigenvalue weighted by Crippen LogP contribution is 2.16. The van der Waals surface area contributed by atoms with Crippen LogP contribution in [0.4, 0.5) is 0 Å². The van der Waals surface area contributed by atoms with Gasteiger partial charge in [0.05, 0.1) is 18.8 Å². The molecule has 19 heavy (non-hydrogen) atoms. The second-order valence-corrected chi connectivity index (χ2v) is 4.82. The second-order valence-electron chi connectivity index (χ2n) is 4.38. The van der Waals surface area contributed by atoms with Crippen molar-refractivity contribution >= 4 is 17.5 Å². The predicted molar refractivity (Wildman–Crippen MR) is 75.1 cm³/mol. The fourth-order valence-corrected chi connectivity index (χ4v) is 1.63. The molecule has 1 aromatic carbocycles. The Morgan fingerprint density at radius 2 is 2.05 bits per heavy atom. The fraction of sp³-hybridized carbons (Fsp3) is 0.500. The number of nitrogens with one attached hydrogen (secondary N) is 1. The summed E-state index contributed by atoms with van der Waals surface area (Å²) in [5.74, 6) is -0.241. The lowest BCUT2D eigenvalue weighted by Crippen LogP contribution is -2.34. The first-order valence-electron chi connectivity index (χ1n) is 6.34. The van der Waals surface area contributed by atoms with Crippen LogP contribution in [-0.2, 0) is 9.53 Å². The number of halogens is 1. The van der Waals surface area contributed by atoms with Crippen molar-refractivity contribution in [2.45, 2.75) is 32.4 Å². The number of rotatable bonds is 7. The molecule has 0 radical (unpaired) electrons. The Morgan fingerprint density at radius 3 is 2.58 bits per heavy atom. The number of aliphatic hydroxyl groups is 1. The normalized spacial score (nSPS) is 13.9. The molecule has 0 saturated heterocycles. The molecule has 0 spiro atoms. The fourth-order valence-electron chi connectivity index (χ4n) is 1.50. The van der Waals surface area contributed by atoms with Crippen LogP contribution >= 0.6 is 11.6 Å². The van der Waals surface area contributed by atoms with E-state index in [1.165, 1.54) is 0 Å². The molecule has 0 aliphatic heterocycles. The number of carbonyl (C=O) groups is 1. The van der Waals surface area contributed by atoms with Crippen LogP contribution in [-0.4, -0.2) is 30.3 Å². The summed E-state index contributed by atoms with van der Waals surface area (Å²) < 4.78 is 5.34. The molecule has 0 aliphatic rings. The zero-order chi connectivity index (χ0) is 14.3. The van der Waals surface area contributed by atoms with E-state index in [2.05, 4.69) is 5.32 Å². The Balaban J connectivity index is 2.52. The smallest absolute Gasteiger partial charge is 0.246 e. The van der Waals surface area contributed by atoms with Gasteiger partial charge in [0.2, 0.25) is 5.91 Å². The number of amides is 1. The molecular weight excluding hydrogens is 266 g/mol. The summed E-state index contributed by atoms with van der Waals surface area (Å²) in [7, 11) is 0. The molecule has 5 heteroatoms. The molecule has 1 aromatic rings. The molecule has 0 aromatic heterocycles. The monoisotopic (exact) mass is 285 g/mol. The molecule has 0 saturated carbocycles. The third-order valence-corrected chi connectivity index (χ3v) is 3.12. The molecule has 2 atom stereocenters. The van der Waals surface area contributed by atoms with Gasteiger partial charge in [-0.2, -0.15) is 0 Å². The summed E-state index contributed by atoms with van der Waals surface area (Å²) in [6.07, 6.45) is 0.905. The lowest BCUT2D eigenvalue weighted by molar-refractivity contribution is -0.128. The van der Waals surface area contributed by atoms with Crippen LogP contribution in [0.5, 0.6) is 0 Å². The van der Waals surface area contributed by atoms with Crippen molar-refractivity contribution in [1.82, 2.24) is 5.32 Å². The first kappa shape index (κ1) is 16.0. The molecule has 0 heterocycles. The third-order valence-electron chi connectivity index (χ3n) is 2.86. The number of carbonyl (C=O) groups excluding carboxylic acids is 1. The van der Waals surface area contributed by atoms with Gasteiger partial charge in [0, 0.05) is 5.02 Å². The molecule has 0 fully saturated rings. The molecule has 1 rings (SSSR count). The van der Waals surface area contributed by atoms with E-state index in [1.807, 2.05) is 13.8 Å². The molecule has 106 valence electrons. The molecule has 4 nitrogen and oxygen atoms in total. The highest BCUT2D eigenvalue weighted by Gasteiger charge is 2.14. The van der Waals surface area contributed by atoms with Crippen LogP contribution in [0.3, 0.4) is 0 Å². The van der Waals surface area contributed by atoms with E-state index in [9.17, 15) is 9.90 Å². The summed E-state index contributed by atoms with van der Waals surface area (Å²) in [4.78, 5) is 11.7. The van der Waals surface area contributed by atoms with Crippen molar-refractivity contribution in [3.63, 3.8) is 0 Å². The van der Waals surface area contributed by atoms with Gasteiger partial charge in [-0.05, 0) is 31.0 Å². The van der Waals surface area contributed by atoms with E-state index in [0.29, 0.717) is 5.02 Å². The number of aliphatic hydroxyl groups excluding tert-OH is 1. The van der Waals surface area contributed by atoms with Gasteiger partial charge in [-0.3, -0.25) is 4.79 Å². The lowest BCUT2D eigenvalue weighted by Gasteiger charge is -2.18. The van der Waals surface area contributed by atoms with Gasteiger partial charge >= 0.3 is 0 Å². The standard InChI is InChI=1S/C14H20ClNO3/c1-3-10(2)19-9-14(18)16-13(8-17)11-4-6-12(15)7-5-11/h4-7,10,13,17H,3,8-9H2,1-2H3,(H,16,18). The zero-order valence-corrected chi connectivity index (χ0v) is 12.0. The van der Waals surface area contributed by atoms with E-state index in [1.54, 1.807) is 24.3 Å². The largest absolute Gasteiger partial charge is 0.394 e. The average Bonchev–Trinajstić information content (AvgIpc) is 2.43. The minimum absolute atomic E-state index is 0.000896. The minimum Gasteiger partial charge on any atom is -0.394 e. The molecule has 2 N–H and O–H groups in total. The number of hydrogen-bond donors (Lipinski definition) is 2. The van der Waals surface area contributed by atoms with Crippen molar-refractivity contribution in [2.24, 2.45) is 0 Å². The van der Waals surface area contributed by atoms with E-state index >= 15 is 0 Å². The summed E-state index contributed by atoms with van der Waals surface area (Å²) >= 11 is 5.80. The quantitative estimate of drug-likeness (QED) is 0.808. The maximum Gasteiger partial charge on any atom is 0.246 e. The van der Waals surface area contributed by atoms with Crippen LogP contribution in [0.25, 0.3) is 0 Å². The second kappa shape index (κ2) is 8.15. The molecule has 0 aliphatic carbocycles.